The lowest BCUT2D eigenvalue weighted by Gasteiger charge is -2.07. The van der Waals surface area contributed by atoms with E-state index in [9.17, 15) is 13.2 Å². The second-order valence-electron chi connectivity index (χ2n) is 5.24. The molecule has 128 valence electrons. The largest absolute Gasteiger partial charge is 0.480 e. The van der Waals surface area contributed by atoms with E-state index in [1.807, 2.05) is 41.3 Å². The van der Waals surface area contributed by atoms with E-state index < -0.39 is 22.5 Å². The molecule has 2 N–H and O–H groups in total. The van der Waals surface area contributed by atoms with Crippen LogP contribution < -0.4 is 4.72 Å². The first-order valence-corrected chi connectivity index (χ1v) is 8.86. The molecule has 1 aromatic heterocycles. The quantitative estimate of drug-likeness (QED) is 0.702. The van der Waals surface area contributed by atoms with Crippen LogP contribution in [0.4, 0.5) is 0 Å². The minimum absolute atomic E-state index is 0.0191. The van der Waals surface area contributed by atoms with Gasteiger partial charge in [0.25, 0.3) is 0 Å². The minimum Gasteiger partial charge on any atom is -0.480 e. The lowest BCUT2D eigenvalue weighted by molar-refractivity contribution is -0.135. The Morgan fingerprint density at radius 2 is 1.64 bits per heavy atom. The lowest BCUT2D eigenvalue weighted by Crippen LogP contribution is -2.29. The third-order valence-electron chi connectivity index (χ3n) is 3.55. The third-order valence-corrected chi connectivity index (χ3v) is 4.96. The van der Waals surface area contributed by atoms with Crippen LogP contribution in [0.3, 0.4) is 0 Å². The average Bonchev–Trinajstić information content (AvgIpc) is 3.15. The summed E-state index contributed by atoms with van der Waals surface area (Å²) in [5.74, 6) is -1.24. The number of benzene rings is 2. The summed E-state index contributed by atoms with van der Waals surface area (Å²) in [6.45, 7) is -0.654. The lowest BCUT2D eigenvalue weighted by atomic mass is 10.1. The summed E-state index contributed by atoms with van der Waals surface area (Å²) in [6.07, 6.45) is 3.55. The van der Waals surface area contributed by atoms with Crippen molar-refractivity contribution in [2.45, 2.75) is 4.90 Å². The number of sulfonamides is 1. The maximum atomic E-state index is 12.0. The fraction of sp³-hybridized carbons (Fsp3) is 0.0588. The summed E-state index contributed by atoms with van der Waals surface area (Å²) in [5, 5.41) is 12.7. The topological polar surface area (TPSA) is 101 Å². The summed E-state index contributed by atoms with van der Waals surface area (Å²) in [5.41, 5.74) is 2.70. The minimum atomic E-state index is -3.83. The molecule has 2 aromatic carbocycles. The molecule has 0 saturated carbocycles. The van der Waals surface area contributed by atoms with Crippen LogP contribution in [-0.4, -0.2) is 35.8 Å². The Morgan fingerprint density at radius 3 is 2.16 bits per heavy atom. The zero-order valence-electron chi connectivity index (χ0n) is 13.0. The summed E-state index contributed by atoms with van der Waals surface area (Å²) in [7, 11) is -3.83. The van der Waals surface area contributed by atoms with Crippen LogP contribution in [0.15, 0.2) is 71.9 Å². The van der Waals surface area contributed by atoms with Gasteiger partial charge in [0, 0.05) is 12.4 Å². The molecule has 0 atom stereocenters. The van der Waals surface area contributed by atoms with Crippen LogP contribution in [0, 0.1) is 0 Å². The number of carboxylic acid groups (broad SMARTS) is 1. The van der Waals surface area contributed by atoms with Gasteiger partial charge in [-0.1, -0.05) is 24.3 Å². The van der Waals surface area contributed by atoms with Crippen molar-refractivity contribution in [2.75, 3.05) is 6.54 Å². The van der Waals surface area contributed by atoms with Crippen LogP contribution in [-0.2, 0) is 14.8 Å². The average molecular weight is 357 g/mol. The molecule has 1 heterocycles. The van der Waals surface area contributed by atoms with Crippen LogP contribution in [0.5, 0.6) is 0 Å². The molecule has 0 aliphatic rings. The molecule has 0 bridgehead atoms. The molecule has 0 saturated heterocycles. The van der Waals surface area contributed by atoms with Crippen LogP contribution in [0.1, 0.15) is 0 Å². The number of nitrogens with zero attached hydrogens (tertiary/aromatic N) is 2. The molecular formula is C17H15N3O4S. The molecule has 8 heteroatoms. The predicted octanol–water partition coefficient (Wildman–Crippen LogP) is 1.90. The maximum absolute atomic E-state index is 12.0. The smallest absolute Gasteiger partial charge is 0.318 e. The number of aromatic nitrogens is 2. The van der Waals surface area contributed by atoms with Crippen molar-refractivity contribution in [3.8, 4) is 16.8 Å². The number of carboxylic acids is 1. The van der Waals surface area contributed by atoms with Gasteiger partial charge in [-0.15, -0.1) is 0 Å². The Labute approximate surface area is 144 Å². The van der Waals surface area contributed by atoms with Gasteiger partial charge in [0.05, 0.1) is 10.6 Å². The Morgan fingerprint density at radius 1 is 1.04 bits per heavy atom. The zero-order chi connectivity index (χ0) is 17.9. The molecule has 0 radical (unpaired) electrons. The second-order valence-corrected chi connectivity index (χ2v) is 7.01. The summed E-state index contributed by atoms with van der Waals surface area (Å²) in [4.78, 5) is 10.5. The molecule has 25 heavy (non-hydrogen) atoms. The van der Waals surface area contributed by atoms with Crippen molar-refractivity contribution in [3.63, 3.8) is 0 Å². The first kappa shape index (κ1) is 16.9. The highest BCUT2D eigenvalue weighted by Gasteiger charge is 2.15. The number of aliphatic carboxylic acids is 1. The van der Waals surface area contributed by atoms with Crippen LogP contribution >= 0.6 is 0 Å². The molecule has 3 aromatic rings. The van der Waals surface area contributed by atoms with E-state index in [4.69, 9.17) is 5.11 Å². The second kappa shape index (κ2) is 6.88. The van der Waals surface area contributed by atoms with Crippen molar-refractivity contribution in [2.24, 2.45) is 0 Å². The first-order valence-electron chi connectivity index (χ1n) is 7.38. The van der Waals surface area contributed by atoms with Gasteiger partial charge in [-0.3, -0.25) is 4.79 Å². The molecule has 7 nitrogen and oxygen atoms in total. The van der Waals surface area contributed by atoms with Gasteiger partial charge < -0.3 is 5.11 Å². The van der Waals surface area contributed by atoms with Crippen molar-refractivity contribution >= 4 is 16.0 Å². The SMILES string of the molecule is O=C(O)CNS(=O)(=O)c1ccc(-c2ccc(-n3cccn3)cc2)cc1. The van der Waals surface area contributed by atoms with E-state index in [-0.39, 0.29) is 4.90 Å². The van der Waals surface area contributed by atoms with E-state index >= 15 is 0 Å². The van der Waals surface area contributed by atoms with Crippen molar-refractivity contribution in [1.82, 2.24) is 14.5 Å². The molecule has 0 aliphatic carbocycles. The zero-order valence-corrected chi connectivity index (χ0v) is 13.8. The number of hydrogen-bond donors (Lipinski definition) is 2. The fourth-order valence-electron chi connectivity index (χ4n) is 2.29. The normalized spacial score (nSPS) is 11.4. The number of nitrogens with one attached hydrogen (secondary N) is 1. The number of hydrogen-bond acceptors (Lipinski definition) is 4. The van der Waals surface area contributed by atoms with E-state index in [2.05, 4.69) is 5.10 Å². The van der Waals surface area contributed by atoms with Gasteiger partial charge >= 0.3 is 5.97 Å². The Kier molecular flexibility index (Phi) is 4.64. The van der Waals surface area contributed by atoms with Crippen molar-refractivity contribution in [1.29, 1.82) is 0 Å². The van der Waals surface area contributed by atoms with Crippen LogP contribution in [0.25, 0.3) is 16.8 Å². The summed E-state index contributed by atoms with van der Waals surface area (Å²) >= 11 is 0. The molecule has 0 amide bonds. The number of rotatable bonds is 6. The highest BCUT2D eigenvalue weighted by molar-refractivity contribution is 7.89. The van der Waals surface area contributed by atoms with Crippen molar-refractivity contribution in [3.05, 3.63) is 67.0 Å². The van der Waals surface area contributed by atoms with Gasteiger partial charge in [0.15, 0.2) is 0 Å². The highest BCUT2D eigenvalue weighted by atomic mass is 32.2. The van der Waals surface area contributed by atoms with E-state index in [0.717, 1.165) is 16.8 Å². The van der Waals surface area contributed by atoms with Gasteiger partial charge in [0.2, 0.25) is 10.0 Å². The van der Waals surface area contributed by atoms with E-state index in [1.165, 1.54) is 12.1 Å². The Bertz CT molecular complexity index is 964. The third kappa shape index (κ3) is 3.93. The Hall–Kier alpha value is -2.97. The predicted molar refractivity (Wildman–Crippen MR) is 91.8 cm³/mol. The fourth-order valence-corrected chi connectivity index (χ4v) is 3.27. The van der Waals surface area contributed by atoms with Crippen molar-refractivity contribution < 1.29 is 18.3 Å². The summed E-state index contributed by atoms with van der Waals surface area (Å²) in [6, 6.07) is 15.8. The molecular weight excluding hydrogens is 342 g/mol. The molecule has 0 unspecified atom stereocenters. The first-order chi connectivity index (χ1) is 12.0. The van der Waals surface area contributed by atoms with E-state index in [1.54, 1.807) is 23.0 Å². The highest BCUT2D eigenvalue weighted by Crippen LogP contribution is 2.22. The molecule has 3 rings (SSSR count). The van der Waals surface area contributed by atoms with Gasteiger partial charge in [-0.2, -0.15) is 9.82 Å². The molecule has 0 spiro atoms. The monoisotopic (exact) mass is 357 g/mol. The van der Waals surface area contributed by atoms with Gasteiger partial charge in [-0.05, 0) is 41.5 Å². The number of carbonyl (C=O) groups is 1. The van der Waals surface area contributed by atoms with Crippen LogP contribution in [0.2, 0.25) is 0 Å². The van der Waals surface area contributed by atoms with Gasteiger partial charge in [-0.25, -0.2) is 13.1 Å². The van der Waals surface area contributed by atoms with E-state index in [0.29, 0.717) is 0 Å². The molecule has 0 fully saturated rings. The summed E-state index contributed by atoms with van der Waals surface area (Å²) < 4.78 is 27.7. The standard InChI is InChI=1S/C17H15N3O4S/c21-17(22)12-19-25(23,24)16-8-4-14(5-9-16)13-2-6-15(7-3-13)20-11-1-10-18-20/h1-11,19H,12H2,(H,21,22). The van der Waals surface area contributed by atoms with Gasteiger partial charge in [0.1, 0.15) is 6.54 Å². The molecule has 0 aliphatic heterocycles. The Balaban J connectivity index is 1.79. The maximum Gasteiger partial charge on any atom is 0.318 e.